The first-order chi connectivity index (χ1) is 13.9. The van der Waals surface area contributed by atoms with E-state index in [-0.39, 0.29) is 6.04 Å². The SMILES string of the molecule is Cc1ccccc1S(=O)(=O)N1CCC(n2c(CC(C)C)nc3cccnc32)CC1. The Hall–Kier alpha value is -2.25. The van der Waals surface area contributed by atoms with Gasteiger partial charge in [-0.1, -0.05) is 32.0 Å². The van der Waals surface area contributed by atoms with E-state index in [4.69, 9.17) is 4.98 Å². The average Bonchev–Trinajstić information content (AvgIpc) is 3.05. The van der Waals surface area contributed by atoms with Crippen LogP contribution in [0, 0.1) is 12.8 Å². The third-order valence-corrected chi connectivity index (χ3v) is 7.67. The number of aryl methyl sites for hydroxylation is 1. The molecule has 1 saturated heterocycles. The van der Waals surface area contributed by atoms with Crippen molar-refractivity contribution in [2.45, 2.75) is 51.0 Å². The summed E-state index contributed by atoms with van der Waals surface area (Å²) in [7, 11) is -3.46. The van der Waals surface area contributed by atoms with Gasteiger partial charge in [-0.2, -0.15) is 4.31 Å². The van der Waals surface area contributed by atoms with Crippen molar-refractivity contribution in [2.24, 2.45) is 5.92 Å². The molecule has 3 aromatic rings. The number of nitrogens with zero attached hydrogens (tertiary/aromatic N) is 4. The highest BCUT2D eigenvalue weighted by Gasteiger charge is 2.32. The van der Waals surface area contributed by atoms with Crippen LogP contribution in [0.3, 0.4) is 0 Å². The number of sulfonamides is 1. The van der Waals surface area contributed by atoms with Crippen LogP contribution in [0.25, 0.3) is 11.2 Å². The fraction of sp³-hybridized carbons (Fsp3) is 0.455. The van der Waals surface area contributed by atoms with Crippen LogP contribution in [0.2, 0.25) is 0 Å². The van der Waals surface area contributed by atoms with Gasteiger partial charge in [-0.3, -0.25) is 0 Å². The van der Waals surface area contributed by atoms with Crippen LogP contribution in [0.4, 0.5) is 0 Å². The number of benzene rings is 1. The number of piperidine rings is 1. The summed E-state index contributed by atoms with van der Waals surface area (Å²) >= 11 is 0. The maximum Gasteiger partial charge on any atom is 0.243 e. The maximum atomic E-state index is 13.1. The van der Waals surface area contributed by atoms with Gasteiger partial charge in [-0.05, 0) is 49.4 Å². The molecule has 1 fully saturated rings. The molecule has 2 aromatic heterocycles. The van der Waals surface area contributed by atoms with E-state index >= 15 is 0 Å². The molecule has 0 N–H and O–H groups in total. The van der Waals surface area contributed by atoms with Crippen molar-refractivity contribution < 1.29 is 8.42 Å². The van der Waals surface area contributed by atoms with Gasteiger partial charge in [0.15, 0.2) is 5.65 Å². The van der Waals surface area contributed by atoms with Gasteiger partial charge in [0, 0.05) is 31.7 Å². The van der Waals surface area contributed by atoms with E-state index in [1.165, 1.54) is 0 Å². The molecule has 1 aromatic carbocycles. The monoisotopic (exact) mass is 412 g/mol. The molecule has 6 nitrogen and oxygen atoms in total. The second kappa shape index (κ2) is 7.88. The Bertz CT molecular complexity index is 1110. The Balaban J connectivity index is 1.60. The molecule has 0 unspecified atom stereocenters. The van der Waals surface area contributed by atoms with Gasteiger partial charge in [-0.25, -0.2) is 18.4 Å². The standard InChI is InChI=1S/C22H28N4O2S/c1-16(2)15-21-24-19-8-6-12-23-22(19)26(21)18-10-13-25(14-11-18)29(27,28)20-9-5-4-7-17(20)3/h4-9,12,16,18H,10-11,13-15H2,1-3H3. The van der Waals surface area contributed by atoms with Crippen molar-refractivity contribution in [3.05, 3.63) is 54.0 Å². The molecule has 0 aliphatic carbocycles. The number of aromatic nitrogens is 3. The van der Waals surface area contributed by atoms with E-state index in [1.807, 2.05) is 31.2 Å². The fourth-order valence-corrected chi connectivity index (χ4v) is 5.89. The molecule has 1 aliphatic heterocycles. The number of imidazole rings is 1. The van der Waals surface area contributed by atoms with Crippen molar-refractivity contribution in [3.8, 4) is 0 Å². The first kappa shape index (κ1) is 20.0. The summed E-state index contributed by atoms with van der Waals surface area (Å²) in [5.74, 6) is 1.54. The predicted molar refractivity (Wildman–Crippen MR) is 114 cm³/mol. The molecular weight excluding hydrogens is 384 g/mol. The lowest BCUT2D eigenvalue weighted by Crippen LogP contribution is -2.39. The van der Waals surface area contributed by atoms with Gasteiger partial charge in [0.1, 0.15) is 11.3 Å². The molecule has 0 amide bonds. The van der Waals surface area contributed by atoms with Gasteiger partial charge in [-0.15, -0.1) is 0 Å². The minimum absolute atomic E-state index is 0.215. The van der Waals surface area contributed by atoms with Crippen molar-refractivity contribution >= 4 is 21.2 Å². The van der Waals surface area contributed by atoms with Crippen LogP contribution in [0.15, 0.2) is 47.5 Å². The molecule has 0 bridgehead atoms. The highest BCUT2D eigenvalue weighted by molar-refractivity contribution is 7.89. The highest BCUT2D eigenvalue weighted by Crippen LogP contribution is 2.31. The lowest BCUT2D eigenvalue weighted by Gasteiger charge is -2.33. The quantitative estimate of drug-likeness (QED) is 0.636. The normalized spacial score (nSPS) is 16.7. The Kier molecular flexibility index (Phi) is 5.44. The van der Waals surface area contributed by atoms with Crippen LogP contribution >= 0.6 is 0 Å². The Labute approximate surface area is 172 Å². The molecule has 154 valence electrons. The molecule has 0 atom stereocenters. The summed E-state index contributed by atoms with van der Waals surface area (Å²) in [6, 6.07) is 11.3. The molecule has 0 radical (unpaired) electrons. The van der Waals surface area contributed by atoms with Crippen molar-refractivity contribution in [1.29, 1.82) is 0 Å². The minimum atomic E-state index is -3.46. The van der Waals surface area contributed by atoms with Crippen molar-refractivity contribution in [3.63, 3.8) is 0 Å². The maximum absolute atomic E-state index is 13.1. The van der Waals surface area contributed by atoms with Gasteiger partial charge >= 0.3 is 0 Å². The molecule has 3 heterocycles. The van der Waals surface area contributed by atoms with Crippen molar-refractivity contribution in [2.75, 3.05) is 13.1 Å². The second-order valence-electron chi connectivity index (χ2n) is 8.24. The second-order valence-corrected chi connectivity index (χ2v) is 10.1. The van der Waals surface area contributed by atoms with Crippen molar-refractivity contribution in [1.82, 2.24) is 18.8 Å². The number of hydrogen-bond donors (Lipinski definition) is 0. The van der Waals surface area contributed by atoms with Gasteiger partial charge in [0.2, 0.25) is 10.0 Å². The minimum Gasteiger partial charge on any atom is -0.309 e. The van der Waals surface area contributed by atoms with Gasteiger partial charge in [0.25, 0.3) is 0 Å². The third-order valence-electron chi connectivity index (χ3n) is 5.61. The summed E-state index contributed by atoms with van der Waals surface area (Å²) in [6.07, 6.45) is 4.21. The summed E-state index contributed by atoms with van der Waals surface area (Å²) in [6.45, 7) is 7.24. The van der Waals surface area contributed by atoms with Crippen LogP contribution < -0.4 is 0 Å². The van der Waals surface area contributed by atoms with Gasteiger partial charge in [0.05, 0.1) is 4.90 Å². The van der Waals surface area contributed by atoms with E-state index in [1.54, 1.807) is 22.6 Å². The van der Waals surface area contributed by atoms with E-state index in [9.17, 15) is 8.42 Å². The van der Waals surface area contributed by atoms with Crippen LogP contribution in [-0.2, 0) is 16.4 Å². The van der Waals surface area contributed by atoms with Crippen LogP contribution in [0.5, 0.6) is 0 Å². The topological polar surface area (TPSA) is 68.1 Å². The molecule has 0 saturated carbocycles. The fourth-order valence-electron chi connectivity index (χ4n) is 4.20. The lowest BCUT2D eigenvalue weighted by molar-refractivity contribution is 0.272. The van der Waals surface area contributed by atoms with E-state index in [0.717, 1.165) is 41.8 Å². The number of hydrogen-bond acceptors (Lipinski definition) is 4. The van der Waals surface area contributed by atoms with E-state index in [2.05, 4.69) is 23.4 Å². The summed E-state index contributed by atoms with van der Waals surface area (Å²) < 4.78 is 30.1. The van der Waals surface area contributed by atoms with Crippen LogP contribution in [-0.4, -0.2) is 40.3 Å². The molecule has 0 spiro atoms. The Morgan fingerprint density at radius 3 is 2.52 bits per heavy atom. The lowest BCUT2D eigenvalue weighted by atomic mass is 10.1. The molecule has 7 heteroatoms. The Morgan fingerprint density at radius 2 is 1.83 bits per heavy atom. The van der Waals surface area contributed by atoms with Crippen LogP contribution in [0.1, 0.15) is 44.1 Å². The van der Waals surface area contributed by atoms with E-state index in [0.29, 0.717) is 23.9 Å². The number of pyridine rings is 1. The molecule has 29 heavy (non-hydrogen) atoms. The smallest absolute Gasteiger partial charge is 0.243 e. The van der Waals surface area contributed by atoms with Gasteiger partial charge < -0.3 is 4.57 Å². The zero-order valence-electron chi connectivity index (χ0n) is 17.2. The zero-order valence-corrected chi connectivity index (χ0v) is 18.1. The predicted octanol–water partition coefficient (Wildman–Crippen LogP) is 3.96. The third kappa shape index (κ3) is 3.81. The number of fused-ring (bicyclic) bond motifs is 1. The number of rotatable bonds is 5. The summed E-state index contributed by atoms with van der Waals surface area (Å²) in [5.41, 5.74) is 2.61. The highest BCUT2D eigenvalue weighted by atomic mass is 32.2. The average molecular weight is 413 g/mol. The van der Waals surface area contributed by atoms with E-state index < -0.39 is 10.0 Å². The first-order valence-electron chi connectivity index (χ1n) is 10.3. The summed E-state index contributed by atoms with van der Waals surface area (Å²) in [5, 5.41) is 0. The largest absolute Gasteiger partial charge is 0.309 e. The zero-order chi connectivity index (χ0) is 20.6. The summed E-state index contributed by atoms with van der Waals surface area (Å²) in [4.78, 5) is 9.81. The molecule has 4 rings (SSSR count). The molecular formula is C22H28N4O2S. The molecule has 1 aliphatic rings. The Morgan fingerprint density at radius 1 is 1.10 bits per heavy atom. The first-order valence-corrected chi connectivity index (χ1v) is 11.7.